The Morgan fingerprint density at radius 2 is 1.00 bits per heavy atom. The van der Waals surface area contributed by atoms with Gasteiger partial charge in [0.15, 0.2) is 5.78 Å². The Kier molecular flexibility index (Phi) is 7.63. The van der Waals surface area contributed by atoms with Crippen LogP contribution in [0.25, 0.3) is 0 Å². The zero-order valence-electron chi connectivity index (χ0n) is 21.1. The molecule has 5 heteroatoms. The number of ether oxygens (including phenoxy) is 4. The van der Waals surface area contributed by atoms with Gasteiger partial charge in [-0.2, -0.15) is 0 Å². The SMILES string of the molecule is COc1ccc(C(=O)c2ccc(OC)cc2C2(OC)CCCCC2)c(C2(OC)CCCCC2)c1. The minimum Gasteiger partial charge on any atom is -0.497 e. The van der Waals surface area contributed by atoms with Crippen LogP contribution in [0.3, 0.4) is 0 Å². The molecule has 2 aliphatic carbocycles. The van der Waals surface area contributed by atoms with Gasteiger partial charge < -0.3 is 18.9 Å². The van der Waals surface area contributed by atoms with Crippen molar-refractivity contribution in [2.24, 2.45) is 0 Å². The quantitative estimate of drug-likeness (QED) is 0.413. The monoisotopic (exact) mass is 466 g/mol. The minimum absolute atomic E-state index is 0.000645. The molecule has 0 heterocycles. The first kappa shape index (κ1) is 24.7. The van der Waals surface area contributed by atoms with Crippen LogP contribution in [0.1, 0.15) is 91.3 Å². The lowest BCUT2D eigenvalue weighted by molar-refractivity contribution is -0.0455. The number of carbonyl (C=O) groups excluding carboxylic acids is 1. The lowest BCUT2D eigenvalue weighted by Crippen LogP contribution is -2.35. The van der Waals surface area contributed by atoms with E-state index in [4.69, 9.17) is 18.9 Å². The molecule has 2 fully saturated rings. The molecule has 0 aliphatic heterocycles. The summed E-state index contributed by atoms with van der Waals surface area (Å²) in [6.07, 6.45) is 10.3. The average Bonchev–Trinajstić information content (AvgIpc) is 2.92. The highest BCUT2D eigenvalue weighted by Gasteiger charge is 2.40. The van der Waals surface area contributed by atoms with Crippen molar-refractivity contribution in [2.45, 2.75) is 75.4 Å². The molecule has 2 aliphatic rings. The number of ketones is 1. The average molecular weight is 467 g/mol. The maximum atomic E-state index is 14.3. The summed E-state index contributed by atoms with van der Waals surface area (Å²) in [7, 11) is 6.85. The molecule has 0 aromatic heterocycles. The van der Waals surface area contributed by atoms with Crippen molar-refractivity contribution in [3.8, 4) is 11.5 Å². The normalized spacial score (nSPS) is 19.4. The molecule has 2 aromatic rings. The van der Waals surface area contributed by atoms with Gasteiger partial charge in [-0.25, -0.2) is 0 Å². The molecule has 2 saturated carbocycles. The van der Waals surface area contributed by atoms with Crippen molar-refractivity contribution < 1.29 is 23.7 Å². The Labute approximate surface area is 203 Å². The Morgan fingerprint density at radius 1 is 0.618 bits per heavy atom. The molecule has 0 N–H and O–H groups in total. The molecule has 34 heavy (non-hydrogen) atoms. The van der Waals surface area contributed by atoms with Gasteiger partial charge in [-0.15, -0.1) is 0 Å². The maximum absolute atomic E-state index is 14.3. The standard InChI is InChI=1S/C29H38O5/c1-31-21-11-13-23(25(19-21)28(33-3)15-7-5-8-16-28)27(30)24-14-12-22(32-2)20-26(24)29(34-4)17-9-6-10-18-29/h11-14,19-20H,5-10,15-18H2,1-4H3. The van der Waals surface area contributed by atoms with Crippen LogP contribution in [-0.2, 0) is 20.7 Å². The van der Waals surface area contributed by atoms with Gasteiger partial charge in [-0.05, 0) is 73.2 Å². The molecule has 2 aromatic carbocycles. The van der Waals surface area contributed by atoms with Crippen LogP contribution < -0.4 is 9.47 Å². The van der Waals surface area contributed by atoms with E-state index in [9.17, 15) is 4.79 Å². The maximum Gasteiger partial charge on any atom is 0.193 e. The summed E-state index contributed by atoms with van der Waals surface area (Å²) in [5, 5.41) is 0. The first-order valence-corrected chi connectivity index (χ1v) is 12.5. The first-order chi connectivity index (χ1) is 16.5. The second kappa shape index (κ2) is 10.5. The number of rotatable bonds is 8. The van der Waals surface area contributed by atoms with E-state index in [1.54, 1.807) is 28.4 Å². The van der Waals surface area contributed by atoms with E-state index < -0.39 is 11.2 Å². The molecule has 0 amide bonds. The molecular weight excluding hydrogens is 428 g/mol. The lowest BCUT2D eigenvalue weighted by Gasteiger charge is -2.39. The van der Waals surface area contributed by atoms with Crippen molar-refractivity contribution in [3.63, 3.8) is 0 Å². The van der Waals surface area contributed by atoms with Crippen LogP contribution in [0.5, 0.6) is 11.5 Å². The molecule has 0 spiro atoms. The van der Waals surface area contributed by atoms with Crippen molar-refractivity contribution in [3.05, 3.63) is 58.7 Å². The largest absolute Gasteiger partial charge is 0.497 e. The predicted molar refractivity (Wildman–Crippen MR) is 133 cm³/mol. The Morgan fingerprint density at radius 3 is 1.32 bits per heavy atom. The summed E-state index contributed by atoms with van der Waals surface area (Å²) in [6.45, 7) is 0. The Balaban J connectivity index is 1.87. The number of benzene rings is 2. The van der Waals surface area contributed by atoms with Gasteiger partial charge in [0, 0.05) is 25.3 Å². The fraction of sp³-hybridized carbons (Fsp3) is 0.552. The van der Waals surface area contributed by atoms with Gasteiger partial charge in [-0.3, -0.25) is 4.79 Å². The second-order valence-electron chi connectivity index (χ2n) is 9.67. The van der Waals surface area contributed by atoms with E-state index >= 15 is 0 Å². The fourth-order valence-corrected chi connectivity index (χ4v) is 6.01. The zero-order chi connectivity index (χ0) is 24.2. The number of methoxy groups -OCH3 is 4. The molecule has 0 bridgehead atoms. The number of hydrogen-bond donors (Lipinski definition) is 0. The molecule has 5 nitrogen and oxygen atoms in total. The van der Waals surface area contributed by atoms with E-state index in [2.05, 4.69) is 0 Å². The molecule has 4 rings (SSSR count). The summed E-state index contributed by atoms with van der Waals surface area (Å²) < 4.78 is 23.4. The number of carbonyl (C=O) groups is 1. The van der Waals surface area contributed by atoms with Gasteiger partial charge in [0.05, 0.1) is 25.4 Å². The van der Waals surface area contributed by atoms with Gasteiger partial charge >= 0.3 is 0 Å². The van der Waals surface area contributed by atoms with E-state index in [0.29, 0.717) is 11.1 Å². The molecule has 0 unspecified atom stereocenters. The van der Waals surface area contributed by atoms with Crippen molar-refractivity contribution in [2.75, 3.05) is 28.4 Å². The van der Waals surface area contributed by atoms with E-state index in [-0.39, 0.29) is 5.78 Å². The number of hydrogen-bond acceptors (Lipinski definition) is 5. The Hall–Kier alpha value is -2.37. The molecule has 0 radical (unpaired) electrons. The summed E-state index contributed by atoms with van der Waals surface area (Å²) >= 11 is 0. The molecule has 184 valence electrons. The van der Waals surface area contributed by atoms with Crippen LogP contribution >= 0.6 is 0 Å². The van der Waals surface area contributed by atoms with Crippen LogP contribution in [0.2, 0.25) is 0 Å². The predicted octanol–water partition coefficient (Wildman–Crippen LogP) is 6.55. The van der Waals surface area contributed by atoms with Gasteiger partial charge in [0.25, 0.3) is 0 Å². The van der Waals surface area contributed by atoms with Crippen molar-refractivity contribution in [1.82, 2.24) is 0 Å². The molecule has 0 atom stereocenters. The van der Waals surface area contributed by atoms with E-state index in [1.807, 2.05) is 36.4 Å². The summed E-state index contributed by atoms with van der Waals surface area (Å²) in [5.74, 6) is 1.48. The van der Waals surface area contributed by atoms with Crippen molar-refractivity contribution in [1.29, 1.82) is 0 Å². The molecule has 0 saturated heterocycles. The van der Waals surface area contributed by atoms with Gasteiger partial charge in [-0.1, -0.05) is 38.5 Å². The van der Waals surface area contributed by atoms with Crippen LogP contribution in [0.15, 0.2) is 36.4 Å². The van der Waals surface area contributed by atoms with Crippen LogP contribution in [0.4, 0.5) is 0 Å². The smallest absolute Gasteiger partial charge is 0.193 e. The van der Waals surface area contributed by atoms with E-state index in [0.717, 1.165) is 74.0 Å². The third-order valence-corrected chi connectivity index (χ3v) is 8.03. The first-order valence-electron chi connectivity index (χ1n) is 12.5. The van der Waals surface area contributed by atoms with Crippen LogP contribution in [0, 0.1) is 0 Å². The third-order valence-electron chi connectivity index (χ3n) is 8.03. The van der Waals surface area contributed by atoms with Crippen molar-refractivity contribution >= 4 is 5.78 Å². The minimum atomic E-state index is -0.478. The van der Waals surface area contributed by atoms with Gasteiger partial charge in [0.2, 0.25) is 0 Å². The third kappa shape index (κ3) is 4.48. The van der Waals surface area contributed by atoms with Crippen LogP contribution in [-0.4, -0.2) is 34.2 Å². The highest BCUT2D eigenvalue weighted by Crippen LogP contribution is 2.46. The van der Waals surface area contributed by atoms with E-state index in [1.165, 1.54) is 12.8 Å². The highest BCUT2D eigenvalue weighted by molar-refractivity contribution is 6.11. The van der Waals surface area contributed by atoms with Gasteiger partial charge in [0.1, 0.15) is 11.5 Å². The highest BCUT2D eigenvalue weighted by atomic mass is 16.5. The summed E-state index contributed by atoms with van der Waals surface area (Å²) in [5.41, 5.74) is 2.26. The fourth-order valence-electron chi connectivity index (χ4n) is 6.01. The summed E-state index contributed by atoms with van der Waals surface area (Å²) in [6, 6.07) is 11.5. The topological polar surface area (TPSA) is 54.0 Å². The Bertz CT molecular complexity index is 920. The lowest BCUT2D eigenvalue weighted by atomic mass is 9.74. The second-order valence-corrected chi connectivity index (χ2v) is 9.67. The summed E-state index contributed by atoms with van der Waals surface area (Å²) in [4.78, 5) is 14.3. The molecular formula is C29H38O5. The zero-order valence-corrected chi connectivity index (χ0v) is 21.1.